The van der Waals surface area contributed by atoms with Gasteiger partial charge in [0.2, 0.25) is 0 Å². The molecule has 0 radical (unpaired) electrons. The molecule has 0 heterocycles. The van der Waals surface area contributed by atoms with Crippen molar-refractivity contribution in [2.24, 2.45) is 5.73 Å². The predicted octanol–water partition coefficient (Wildman–Crippen LogP) is 1.22. The first-order chi connectivity index (χ1) is 6.59. The lowest BCUT2D eigenvalue weighted by Crippen LogP contribution is -2.14. The second-order valence-corrected chi connectivity index (χ2v) is 3.06. The lowest BCUT2D eigenvalue weighted by Gasteiger charge is -2.09. The van der Waals surface area contributed by atoms with Crippen LogP contribution in [0.15, 0.2) is 24.3 Å². The van der Waals surface area contributed by atoms with Gasteiger partial charge < -0.3 is 5.73 Å². The summed E-state index contributed by atoms with van der Waals surface area (Å²) < 4.78 is 0. The topological polar surface area (TPSA) is 79.0 Å². The molecule has 0 saturated heterocycles. The van der Waals surface area contributed by atoms with Crippen LogP contribution in [0.2, 0.25) is 0 Å². The Balaban J connectivity index is 2.64. The van der Waals surface area contributed by atoms with Gasteiger partial charge in [0.25, 0.3) is 0 Å². The molecule has 14 heavy (non-hydrogen) atoms. The fraction of sp³-hybridized carbons (Fsp3) is 0.333. The largest absolute Gasteiger partial charge is 0.324 e. The van der Waals surface area contributed by atoms with Gasteiger partial charge in [-0.3, -0.25) is 10.4 Å². The highest BCUT2D eigenvalue weighted by Gasteiger charge is 2.01. The highest BCUT2D eigenvalue weighted by Crippen LogP contribution is 2.12. The van der Waals surface area contributed by atoms with Crippen LogP contribution in [0.5, 0.6) is 0 Å². The van der Waals surface area contributed by atoms with E-state index in [2.05, 4.69) is 4.84 Å². The second kappa shape index (κ2) is 5.04. The smallest absolute Gasteiger partial charge is 0.0987 e. The fourth-order valence-electron chi connectivity index (χ4n) is 1.10. The van der Waals surface area contributed by atoms with Gasteiger partial charge in [-0.05, 0) is 18.1 Å². The third-order valence-corrected chi connectivity index (χ3v) is 1.82. The molecule has 5 nitrogen and oxygen atoms in total. The standard InChI is InChI=1S/C9H14N2O3/c1-7(10)9-4-2-3-8(5-9)6-14-11(12)13/h2-5,7,12-13H,6,10H2,1H3. The van der Waals surface area contributed by atoms with Crippen molar-refractivity contribution in [2.45, 2.75) is 19.6 Å². The maximum Gasteiger partial charge on any atom is 0.0987 e. The Kier molecular flexibility index (Phi) is 3.99. The lowest BCUT2D eigenvalue weighted by molar-refractivity contribution is -0.497. The van der Waals surface area contributed by atoms with Crippen LogP contribution in [-0.2, 0) is 11.4 Å². The lowest BCUT2D eigenvalue weighted by atomic mass is 10.1. The average molecular weight is 198 g/mol. The van der Waals surface area contributed by atoms with Crippen molar-refractivity contribution in [1.82, 2.24) is 5.39 Å². The van der Waals surface area contributed by atoms with Crippen molar-refractivity contribution < 1.29 is 15.3 Å². The summed E-state index contributed by atoms with van der Waals surface area (Å²) in [5.41, 5.74) is 7.50. The molecule has 0 fully saturated rings. The quantitative estimate of drug-likeness (QED) is 0.634. The van der Waals surface area contributed by atoms with Crippen molar-refractivity contribution in [1.29, 1.82) is 0 Å². The Morgan fingerprint density at radius 3 is 2.79 bits per heavy atom. The summed E-state index contributed by atoms with van der Waals surface area (Å²) in [4.78, 5) is 4.47. The number of hydrogen-bond acceptors (Lipinski definition) is 5. The fourth-order valence-corrected chi connectivity index (χ4v) is 1.10. The number of rotatable bonds is 4. The Bertz CT molecular complexity index is 289. The summed E-state index contributed by atoms with van der Waals surface area (Å²) in [5, 5.41) is 16.4. The molecule has 0 aliphatic rings. The van der Waals surface area contributed by atoms with Gasteiger partial charge in [0.15, 0.2) is 0 Å². The maximum absolute atomic E-state index is 8.33. The second-order valence-electron chi connectivity index (χ2n) is 3.06. The zero-order valence-electron chi connectivity index (χ0n) is 7.92. The van der Waals surface area contributed by atoms with Crippen LogP contribution < -0.4 is 5.73 Å². The summed E-state index contributed by atoms with van der Waals surface area (Å²) in [7, 11) is 0. The Hall–Kier alpha value is -0.980. The van der Waals surface area contributed by atoms with E-state index in [1.165, 1.54) is 0 Å². The molecule has 0 aliphatic heterocycles. The normalized spacial score (nSPS) is 13.2. The van der Waals surface area contributed by atoms with Gasteiger partial charge in [-0.15, -0.1) is 0 Å². The van der Waals surface area contributed by atoms with Crippen LogP contribution in [0.25, 0.3) is 0 Å². The molecule has 1 unspecified atom stereocenters. The predicted molar refractivity (Wildman–Crippen MR) is 49.2 cm³/mol. The minimum absolute atomic E-state index is 0.0469. The summed E-state index contributed by atoms with van der Waals surface area (Å²) in [6.07, 6.45) is 0. The third-order valence-electron chi connectivity index (χ3n) is 1.82. The number of nitrogens with zero attached hydrogens (tertiary/aromatic N) is 1. The molecule has 0 saturated carbocycles. The molecule has 1 aromatic carbocycles. The van der Waals surface area contributed by atoms with Crippen molar-refractivity contribution >= 4 is 0 Å². The third kappa shape index (κ3) is 3.41. The molecule has 0 aromatic heterocycles. The van der Waals surface area contributed by atoms with Gasteiger partial charge in [-0.25, -0.2) is 4.84 Å². The van der Waals surface area contributed by atoms with Gasteiger partial charge in [-0.1, -0.05) is 24.3 Å². The first-order valence-corrected chi connectivity index (χ1v) is 4.25. The molecular formula is C9H14N2O3. The van der Waals surface area contributed by atoms with E-state index in [9.17, 15) is 0 Å². The SMILES string of the molecule is CC(N)c1cccc(CON(O)O)c1. The highest BCUT2D eigenvalue weighted by molar-refractivity contribution is 5.24. The maximum atomic E-state index is 8.33. The van der Waals surface area contributed by atoms with Gasteiger partial charge in [-0.2, -0.15) is 0 Å². The minimum Gasteiger partial charge on any atom is -0.324 e. The van der Waals surface area contributed by atoms with Crippen molar-refractivity contribution in [3.8, 4) is 0 Å². The molecule has 1 aromatic rings. The van der Waals surface area contributed by atoms with E-state index in [1.807, 2.05) is 31.2 Å². The van der Waals surface area contributed by atoms with E-state index in [4.69, 9.17) is 16.1 Å². The number of benzene rings is 1. The van der Waals surface area contributed by atoms with Crippen LogP contribution in [0, 0.1) is 0 Å². The molecule has 1 atom stereocenters. The molecule has 4 N–H and O–H groups in total. The monoisotopic (exact) mass is 198 g/mol. The summed E-state index contributed by atoms with van der Waals surface area (Å²) in [6.45, 7) is 1.97. The molecular weight excluding hydrogens is 184 g/mol. The number of hydrogen-bond donors (Lipinski definition) is 3. The van der Waals surface area contributed by atoms with Gasteiger partial charge >= 0.3 is 0 Å². The molecule has 0 aliphatic carbocycles. The van der Waals surface area contributed by atoms with Crippen LogP contribution in [0.4, 0.5) is 0 Å². The van der Waals surface area contributed by atoms with E-state index < -0.39 is 0 Å². The molecule has 78 valence electrons. The molecule has 0 bridgehead atoms. The Morgan fingerprint density at radius 1 is 1.50 bits per heavy atom. The summed E-state index contributed by atoms with van der Waals surface area (Å²) in [5.74, 6) is 0. The van der Waals surface area contributed by atoms with Crippen LogP contribution in [0.3, 0.4) is 0 Å². The minimum atomic E-state index is -0.307. The number of nitrogens with two attached hydrogens (primary N) is 1. The van der Waals surface area contributed by atoms with Crippen molar-refractivity contribution in [3.05, 3.63) is 35.4 Å². The van der Waals surface area contributed by atoms with Gasteiger partial charge in [0.05, 0.1) is 12.0 Å². The first kappa shape index (κ1) is 11.1. The van der Waals surface area contributed by atoms with E-state index in [0.29, 0.717) is 0 Å². The molecule has 5 heteroatoms. The molecule has 0 amide bonds. The summed E-state index contributed by atoms with van der Waals surface area (Å²) in [6, 6.07) is 7.37. The van der Waals surface area contributed by atoms with E-state index in [-0.39, 0.29) is 18.0 Å². The molecule has 0 spiro atoms. The van der Waals surface area contributed by atoms with Crippen LogP contribution >= 0.6 is 0 Å². The van der Waals surface area contributed by atoms with Crippen LogP contribution in [-0.4, -0.2) is 15.8 Å². The van der Waals surface area contributed by atoms with E-state index in [1.54, 1.807) is 0 Å². The zero-order valence-corrected chi connectivity index (χ0v) is 7.92. The molecule has 1 rings (SSSR count). The Morgan fingerprint density at radius 2 is 2.21 bits per heavy atom. The van der Waals surface area contributed by atoms with Crippen molar-refractivity contribution in [3.63, 3.8) is 0 Å². The average Bonchev–Trinajstić information content (AvgIpc) is 2.15. The Labute approximate surface area is 82.2 Å². The highest BCUT2D eigenvalue weighted by atomic mass is 17.1. The zero-order chi connectivity index (χ0) is 10.6. The van der Waals surface area contributed by atoms with E-state index in [0.717, 1.165) is 11.1 Å². The van der Waals surface area contributed by atoms with Gasteiger partial charge in [0.1, 0.15) is 0 Å². The van der Waals surface area contributed by atoms with Gasteiger partial charge in [0, 0.05) is 6.04 Å². The summed E-state index contributed by atoms with van der Waals surface area (Å²) >= 11 is 0. The van der Waals surface area contributed by atoms with E-state index >= 15 is 0 Å². The first-order valence-electron chi connectivity index (χ1n) is 4.25. The van der Waals surface area contributed by atoms with Crippen molar-refractivity contribution in [2.75, 3.05) is 0 Å². The van der Waals surface area contributed by atoms with Crippen LogP contribution in [0.1, 0.15) is 24.1 Å².